The minimum absolute atomic E-state index is 0.126. The Balaban J connectivity index is 1.60. The van der Waals surface area contributed by atoms with Crippen molar-refractivity contribution in [2.24, 2.45) is 11.7 Å². The van der Waals surface area contributed by atoms with Crippen LogP contribution < -0.4 is 10.5 Å². The Morgan fingerprint density at radius 2 is 1.96 bits per heavy atom. The summed E-state index contributed by atoms with van der Waals surface area (Å²) in [6.45, 7) is 1.90. The Bertz CT molecular complexity index is 771. The Hall–Kier alpha value is -2.87. The molecule has 3 atom stereocenters. The van der Waals surface area contributed by atoms with Gasteiger partial charge in [-0.3, -0.25) is 9.59 Å². The number of rotatable bonds is 7. The minimum Gasteiger partial charge on any atom is -0.493 e. The van der Waals surface area contributed by atoms with Crippen LogP contribution in [0.3, 0.4) is 0 Å². The number of carbonyl (C=O) groups is 3. The van der Waals surface area contributed by atoms with Crippen LogP contribution in [0.25, 0.3) is 0 Å². The second-order valence-electron chi connectivity index (χ2n) is 6.69. The average Bonchev–Trinajstić information content (AvgIpc) is 2.69. The van der Waals surface area contributed by atoms with Gasteiger partial charge >= 0.3 is 5.97 Å². The van der Waals surface area contributed by atoms with Crippen LogP contribution in [0.15, 0.2) is 36.3 Å². The molecular formula is C20H23NO7. The van der Waals surface area contributed by atoms with E-state index in [2.05, 4.69) is 0 Å². The van der Waals surface area contributed by atoms with Crippen LogP contribution in [0.2, 0.25) is 0 Å². The van der Waals surface area contributed by atoms with Gasteiger partial charge in [0.2, 0.25) is 17.4 Å². The average molecular weight is 389 g/mol. The minimum atomic E-state index is -0.521. The van der Waals surface area contributed by atoms with Gasteiger partial charge in [0.25, 0.3) is 0 Å². The molecule has 2 aliphatic rings. The van der Waals surface area contributed by atoms with Crippen molar-refractivity contribution in [3.8, 4) is 5.75 Å². The number of fused-ring (bicyclic) bond motifs is 1. The van der Waals surface area contributed by atoms with E-state index in [1.54, 1.807) is 31.2 Å². The van der Waals surface area contributed by atoms with Crippen molar-refractivity contribution in [3.63, 3.8) is 0 Å². The lowest BCUT2D eigenvalue weighted by Crippen LogP contribution is -2.43. The van der Waals surface area contributed by atoms with Gasteiger partial charge < -0.3 is 24.7 Å². The molecule has 2 N–H and O–H groups in total. The topological polar surface area (TPSA) is 114 Å². The molecule has 0 saturated heterocycles. The van der Waals surface area contributed by atoms with Gasteiger partial charge in [-0.1, -0.05) is 0 Å². The number of primary amides is 1. The van der Waals surface area contributed by atoms with Crippen LogP contribution >= 0.6 is 0 Å². The molecule has 8 nitrogen and oxygen atoms in total. The fourth-order valence-corrected chi connectivity index (χ4v) is 3.36. The van der Waals surface area contributed by atoms with Crippen LogP contribution in [0.4, 0.5) is 0 Å². The predicted octanol–water partition coefficient (Wildman–Crippen LogP) is 1.72. The molecule has 3 unspecified atom stereocenters. The van der Waals surface area contributed by atoms with E-state index < -0.39 is 11.9 Å². The highest BCUT2D eigenvalue weighted by Crippen LogP contribution is 2.35. The number of nitrogens with two attached hydrogens (primary N) is 1. The molecule has 1 amide bonds. The van der Waals surface area contributed by atoms with E-state index >= 15 is 0 Å². The monoisotopic (exact) mass is 389 g/mol. The Labute approximate surface area is 162 Å². The van der Waals surface area contributed by atoms with Gasteiger partial charge in [0.1, 0.15) is 24.7 Å². The molecule has 1 aromatic rings. The molecule has 0 spiro atoms. The second kappa shape index (κ2) is 8.88. The van der Waals surface area contributed by atoms with Gasteiger partial charge in [-0.25, -0.2) is 4.79 Å². The van der Waals surface area contributed by atoms with E-state index in [4.69, 9.17) is 24.7 Å². The van der Waals surface area contributed by atoms with E-state index in [1.165, 1.54) is 6.26 Å². The summed E-state index contributed by atoms with van der Waals surface area (Å²) in [4.78, 5) is 35.3. The Morgan fingerprint density at radius 3 is 2.64 bits per heavy atom. The largest absolute Gasteiger partial charge is 0.493 e. The van der Waals surface area contributed by atoms with Gasteiger partial charge in [0.15, 0.2) is 0 Å². The standard InChI is InChI=1S/C20H23NO7/c1-2-25-20(24)12-3-5-13(6-4-12)28-17-10-27-16-9-14(26-11-18(21)22)7-8-15(16)19(17)23/h3-6,10,14-16H,2,7-9,11H2,1H3,(H2,21,22). The lowest BCUT2D eigenvalue weighted by molar-refractivity contribution is -0.137. The zero-order valence-electron chi connectivity index (χ0n) is 15.6. The summed E-state index contributed by atoms with van der Waals surface area (Å²) in [6, 6.07) is 6.35. The van der Waals surface area contributed by atoms with Crippen molar-refractivity contribution in [2.75, 3.05) is 13.2 Å². The SMILES string of the molecule is CCOC(=O)c1ccc(OC2=COC3CC(OCC(N)=O)CCC3C2=O)cc1. The maximum Gasteiger partial charge on any atom is 0.338 e. The Kier molecular flexibility index (Phi) is 6.30. The number of amides is 1. The summed E-state index contributed by atoms with van der Waals surface area (Å²) >= 11 is 0. The zero-order valence-corrected chi connectivity index (χ0v) is 15.6. The third-order valence-corrected chi connectivity index (χ3v) is 4.73. The Morgan fingerprint density at radius 1 is 1.21 bits per heavy atom. The van der Waals surface area contributed by atoms with Crippen LogP contribution in [0.1, 0.15) is 36.5 Å². The van der Waals surface area contributed by atoms with Gasteiger partial charge in [-0.2, -0.15) is 0 Å². The van der Waals surface area contributed by atoms with Crippen LogP contribution in [-0.2, 0) is 23.8 Å². The molecule has 28 heavy (non-hydrogen) atoms. The third-order valence-electron chi connectivity index (χ3n) is 4.73. The number of esters is 1. The third kappa shape index (κ3) is 4.69. The summed E-state index contributed by atoms with van der Waals surface area (Å²) in [5.74, 6) is -0.822. The van der Waals surface area contributed by atoms with Crippen molar-refractivity contribution in [3.05, 3.63) is 41.9 Å². The van der Waals surface area contributed by atoms with Crippen LogP contribution in [-0.4, -0.2) is 43.1 Å². The van der Waals surface area contributed by atoms with E-state index in [9.17, 15) is 14.4 Å². The molecule has 150 valence electrons. The molecule has 0 radical (unpaired) electrons. The lowest BCUT2D eigenvalue weighted by Gasteiger charge is -2.36. The zero-order chi connectivity index (χ0) is 20.1. The molecule has 1 fully saturated rings. The first kappa shape index (κ1) is 19.9. The molecule has 0 aromatic heterocycles. The van der Waals surface area contributed by atoms with Gasteiger partial charge in [-0.05, 0) is 44.0 Å². The molecular weight excluding hydrogens is 366 g/mol. The van der Waals surface area contributed by atoms with Crippen molar-refractivity contribution >= 4 is 17.7 Å². The molecule has 0 bridgehead atoms. The van der Waals surface area contributed by atoms with Gasteiger partial charge in [0.05, 0.1) is 24.2 Å². The van der Waals surface area contributed by atoms with E-state index in [0.29, 0.717) is 37.2 Å². The number of benzene rings is 1. The van der Waals surface area contributed by atoms with E-state index in [1.807, 2.05) is 0 Å². The van der Waals surface area contributed by atoms with Gasteiger partial charge in [0, 0.05) is 6.42 Å². The van der Waals surface area contributed by atoms with Gasteiger partial charge in [-0.15, -0.1) is 0 Å². The molecule has 1 aliphatic heterocycles. The van der Waals surface area contributed by atoms with Crippen molar-refractivity contribution in [1.82, 2.24) is 0 Å². The summed E-state index contributed by atoms with van der Waals surface area (Å²) in [5, 5.41) is 0. The lowest BCUT2D eigenvalue weighted by atomic mass is 9.80. The summed E-state index contributed by atoms with van der Waals surface area (Å²) < 4.78 is 21.7. The van der Waals surface area contributed by atoms with Crippen molar-refractivity contribution in [1.29, 1.82) is 0 Å². The number of hydrogen-bond acceptors (Lipinski definition) is 7. The molecule has 1 heterocycles. The van der Waals surface area contributed by atoms with Crippen LogP contribution in [0, 0.1) is 5.92 Å². The molecule has 8 heteroatoms. The summed E-state index contributed by atoms with van der Waals surface area (Å²) in [7, 11) is 0. The molecule has 1 aromatic carbocycles. The highest BCUT2D eigenvalue weighted by Gasteiger charge is 2.41. The quantitative estimate of drug-likeness (QED) is 0.706. The number of Topliss-reactive ketones (excluding diaryl/α,β-unsaturated/α-hetero) is 1. The number of allylic oxidation sites excluding steroid dienone is 1. The predicted molar refractivity (Wildman–Crippen MR) is 97.3 cm³/mol. The molecule has 1 aliphatic carbocycles. The van der Waals surface area contributed by atoms with E-state index in [0.717, 1.165) is 0 Å². The molecule has 3 rings (SSSR count). The first-order valence-electron chi connectivity index (χ1n) is 9.22. The number of carbonyl (C=O) groups excluding carboxylic acids is 3. The maximum absolute atomic E-state index is 12.7. The highest BCUT2D eigenvalue weighted by atomic mass is 16.5. The maximum atomic E-state index is 12.7. The molecule has 1 saturated carbocycles. The normalized spacial score (nSPS) is 23.8. The summed E-state index contributed by atoms with van der Waals surface area (Å²) in [6.07, 6.45) is 2.59. The van der Waals surface area contributed by atoms with Crippen molar-refractivity contribution in [2.45, 2.75) is 38.4 Å². The van der Waals surface area contributed by atoms with E-state index in [-0.39, 0.29) is 36.3 Å². The van der Waals surface area contributed by atoms with Crippen LogP contribution in [0.5, 0.6) is 5.75 Å². The second-order valence-corrected chi connectivity index (χ2v) is 6.69. The first-order chi connectivity index (χ1) is 13.5. The first-order valence-corrected chi connectivity index (χ1v) is 9.22. The summed E-state index contributed by atoms with van der Waals surface area (Å²) in [5.41, 5.74) is 5.50. The number of ether oxygens (including phenoxy) is 4. The smallest absolute Gasteiger partial charge is 0.338 e. The fraction of sp³-hybridized carbons (Fsp3) is 0.450. The number of ketones is 1. The number of hydrogen-bond donors (Lipinski definition) is 1. The fourth-order valence-electron chi connectivity index (χ4n) is 3.36. The van der Waals surface area contributed by atoms with Crippen molar-refractivity contribution < 1.29 is 33.3 Å². The highest BCUT2D eigenvalue weighted by molar-refractivity contribution is 5.96.